The Balaban J connectivity index is 2.10. The molecule has 1 aliphatic heterocycles. The topological polar surface area (TPSA) is 15.3 Å². The summed E-state index contributed by atoms with van der Waals surface area (Å²) in [5, 5.41) is 4.39. The van der Waals surface area contributed by atoms with Crippen LogP contribution in [0.3, 0.4) is 0 Å². The fourth-order valence-electron chi connectivity index (χ4n) is 2.85. The molecule has 1 aromatic rings. The Morgan fingerprint density at radius 2 is 2.19 bits per heavy atom. The van der Waals surface area contributed by atoms with Gasteiger partial charge in [0.2, 0.25) is 0 Å². The van der Waals surface area contributed by atoms with Gasteiger partial charge in [-0.2, -0.15) is 11.8 Å². The Kier molecular flexibility index (Phi) is 6.43. The smallest absolute Gasteiger partial charge is 0.0412 e. The Labute approximate surface area is 134 Å². The first-order valence-corrected chi connectivity index (χ1v) is 9.31. The molecule has 1 fully saturated rings. The molecule has 0 spiro atoms. The van der Waals surface area contributed by atoms with E-state index in [4.69, 9.17) is 0 Å². The second-order valence-corrected chi connectivity index (χ2v) is 7.91. The third-order valence-electron chi connectivity index (χ3n) is 4.04. The summed E-state index contributed by atoms with van der Waals surface area (Å²) in [6, 6.07) is 6.93. The maximum atomic E-state index is 3.60. The molecule has 0 radical (unpaired) electrons. The van der Waals surface area contributed by atoms with Crippen molar-refractivity contribution in [2.45, 2.75) is 45.9 Å². The van der Waals surface area contributed by atoms with Crippen LogP contribution in [0.25, 0.3) is 0 Å². The van der Waals surface area contributed by atoms with E-state index in [9.17, 15) is 0 Å². The van der Waals surface area contributed by atoms with Crippen molar-refractivity contribution in [3.63, 3.8) is 0 Å². The highest BCUT2D eigenvalue weighted by Crippen LogP contribution is 2.29. The molecular weight excluding hydrogens is 276 g/mol. The molecule has 1 unspecified atom stereocenters. The van der Waals surface area contributed by atoms with Gasteiger partial charge < -0.3 is 10.2 Å². The fraction of sp³-hybridized carbons (Fsp3) is 0.667. The minimum absolute atomic E-state index is 0.703. The van der Waals surface area contributed by atoms with Gasteiger partial charge in [-0.25, -0.2) is 0 Å². The SMILES string of the molecule is CCC1CN(c2ccc(C)cc2CNCC(C)C)CCS1. The molecule has 21 heavy (non-hydrogen) atoms. The van der Waals surface area contributed by atoms with Crippen LogP contribution in [-0.2, 0) is 6.54 Å². The zero-order chi connectivity index (χ0) is 15.2. The van der Waals surface area contributed by atoms with E-state index in [1.165, 1.54) is 42.1 Å². The average Bonchev–Trinajstić information content (AvgIpc) is 2.47. The number of anilines is 1. The molecule has 0 saturated carbocycles. The molecule has 1 heterocycles. The van der Waals surface area contributed by atoms with Gasteiger partial charge in [-0.15, -0.1) is 0 Å². The van der Waals surface area contributed by atoms with Gasteiger partial charge in [0, 0.05) is 36.3 Å². The van der Waals surface area contributed by atoms with Crippen LogP contribution in [0.2, 0.25) is 0 Å². The molecule has 0 bridgehead atoms. The fourth-order valence-corrected chi connectivity index (χ4v) is 4.03. The van der Waals surface area contributed by atoms with E-state index in [1.807, 2.05) is 0 Å². The normalized spacial score (nSPS) is 19.3. The highest BCUT2D eigenvalue weighted by molar-refractivity contribution is 8.00. The van der Waals surface area contributed by atoms with Gasteiger partial charge in [0.25, 0.3) is 0 Å². The first kappa shape index (κ1) is 16.7. The standard InChI is InChI=1S/C18H30N2S/c1-5-17-13-20(8-9-21-17)18-7-6-15(4)10-16(18)12-19-11-14(2)3/h6-7,10,14,17,19H,5,8-9,11-13H2,1-4H3. The predicted molar refractivity (Wildman–Crippen MR) is 96.5 cm³/mol. The lowest BCUT2D eigenvalue weighted by molar-refractivity contribution is 0.551. The van der Waals surface area contributed by atoms with E-state index in [2.05, 4.69) is 67.9 Å². The number of rotatable bonds is 6. The molecule has 2 nitrogen and oxygen atoms in total. The Bertz CT molecular complexity index is 445. The monoisotopic (exact) mass is 306 g/mol. The summed E-state index contributed by atoms with van der Waals surface area (Å²) in [5.74, 6) is 1.96. The molecule has 1 saturated heterocycles. The lowest BCUT2D eigenvalue weighted by Gasteiger charge is -2.35. The van der Waals surface area contributed by atoms with Crippen molar-refractivity contribution in [2.75, 3.05) is 30.3 Å². The predicted octanol–water partition coefficient (Wildman–Crippen LogP) is 4.07. The highest BCUT2D eigenvalue weighted by atomic mass is 32.2. The Morgan fingerprint density at radius 1 is 1.38 bits per heavy atom. The van der Waals surface area contributed by atoms with Crippen LogP contribution < -0.4 is 10.2 Å². The summed E-state index contributed by atoms with van der Waals surface area (Å²) in [7, 11) is 0. The minimum atomic E-state index is 0.703. The summed E-state index contributed by atoms with van der Waals surface area (Å²) in [6.07, 6.45) is 1.27. The third kappa shape index (κ3) is 4.93. The number of thioether (sulfide) groups is 1. The third-order valence-corrected chi connectivity index (χ3v) is 5.41. The van der Waals surface area contributed by atoms with Crippen LogP contribution in [0, 0.1) is 12.8 Å². The van der Waals surface area contributed by atoms with Crippen molar-refractivity contribution in [1.29, 1.82) is 0 Å². The summed E-state index contributed by atoms with van der Waals surface area (Å²) in [5.41, 5.74) is 4.26. The first-order valence-electron chi connectivity index (χ1n) is 8.27. The molecule has 1 atom stereocenters. The second kappa shape index (κ2) is 8.09. The van der Waals surface area contributed by atoms with E-state index in [0.717, 1.165) is 18.3 Å². The number of hydrogen-bond acceptors (Lipinski definition) is 3. The van der Waals surface area contributed by atoms with E-state index in [-0.39, 0.29) is 0 Å². The van der Waals surface area contributed by atoms with Crippen molar-refractivity contribution < 1.29 is 0 Å². The largest absolute Gasteiger partial charge is 0.369 e. The summed E-state index contributed by atoms with van der Waals surface area (Å²) in [4.78, 5) is 2.59. The van der Waals surface area contributed by atoms with Crippen molar-refractivity contribution in [3.8, 4) is 0 Å². The van der Waals surface area contributed by atoms with E-state index < -0.39 is 0 Å². The zero-order valence-corrected chi connectivity index (χ0v) is 14.8. The number of hydrogen-bond donors (Lipinski definition) is 1. The second-order valence-electron chi connectivity index (χ2n) is 6.50. The zero-order valence-electron chi connectivity index (χ0n) is 14.0. The average molecular weight is 307 g/mol. The lowest BCUT2D eigenvalue weighted by atomic mass is 10.1. The Hall–Kier alpha value is -0.670. The van der Waals surface area contributed by atoms with Crippen LogP contribution in [0.1, 0.15) is 38.3 Å². The van der Waals surface area contributed by atoms with Gasteiger partial charge in [0.15, 0.2) is 0 Å². The molecule has 1 aromatic carbocycles. The van der Waals surface area contributed by atoms with Gasteiger partial charge in [-0.1, -0.05) is 38.5 Å². The number of nitrogens with zero attached hydrogens (tertiary/aromatic N) is 1. The molecule has 1 N–H and O–H groups in total. The molecule has 1 aliphatic rings. The number of benzene rings is 1. The van der Waals surface area contributed by atoms with Crippen LogP contribution in [-0.4, -0.2) is 30.6 Å². The summed E-state index contributed by atoms with van der Waals surface area (Å²) < 4.78 is 0. The molecule has 118 valence electrons. The quantitative estimate of drug-likeness (QED) is 0.853. The molecule has 2 rings (SSSR count). The van der Waals surface area contributed by atoms with Crippen LogP contribution in [0.5, 0.6) is 0 Å². The van der Waals surface area contributed by atoms with E-state index in [0.29, 0.717) is 5.92 Å². The molecular formula is C18H30N2S. The van der Waals surface area contributed by atoms with Gasteiger partial charge in [0.1, 0.15) is 0 Å². The number of nitrogens with one attached hydrogen (secondary N) is 1. The van der Waals surface area contributed by atoms with Crippen molar-refractivity contribution >= 4 is 17.4 Å². The van der Waals surface area contributed by atoms with Crippen molar-refractivity contribution in [1.82, 2.24) is 5.32 Å². The van der Waals surface area contributed by atoms with Gasteiger partial charge in [-0.05, 0) is 37.4 Å². The highest BCUT2D eigenvalue weighted by Gasteiger charge is 2.20. The number of aryl methyl sites for hydroxylation is 1. The first-order chi connectivity index (χ1) is 10.1. The molecule has 0 aliphatic carbocycles. The van der Waals surface area contributed by atoms with Crippen molar-refractivity contribution in [2.24, 2.45) is 5.92 Å². The van der Waals surface area contributed by atoms with Gasteiger partial charge in [0.05, 0.1) is 0 Å². The molecule has 3 heteroatoms. The van der Waals surface area contributed by atoms with Gasteiger partial charge >= 0.3 is 0 Å². The molecule has 0 aromatic heterocycles. The van der Waals surface area contributed by atoms with Crippen LogP contribution in [0.15, 0.2) is 18.2 Å². The maximum absolute atomic E-state index is 3.60. The van der Waals surface area contributed by atoms with E-state index in [1.54, 1.807) is 0 Å². The lowest BCUT2D eigenvalue weighted by Crippen LogP contribution is -2.38. The minimum Gasteiger partial charge on any atom is -0.369 e. The Morgan fingerprint density at radius 3 is 2.90 bits per heavy atom. The van der Waals surface area contributed by atoms with Crippen LogP contribution >= 0.6 is 11.8 Å². The van der Waals surface area contributed by atoms with Crippen molar-refractivity contribution in [3.05, 3.63) is 29.3 Å². The molecule has 0 amide bonds. The summed E-state index contributed by atoms with van der Waals surface area (Å²) >= 11 is 2.14. The van der Waals surface area contributed by atoms with E-state index >= 15 is 0 Å². The van der Waals surface area contributed by atoms with Gasteiger partial charge in [-0.3, -0.25) is 0 Å². The van der Waals surface area contributed by atoms with Crippen LogP contribution in [0.4, 0.5) is 5.69 Å². The maximum Gasteiger partial charge on any atom is 0.0412 e. The summed E-state index contributed by atoms with van der Waals surface area (Å²) in [6.45, 7) is 13.5.